The summed E-state index contributed by atoms with van der Waals surface area (Å²) in [5.74, 6) is -47.8. The normalized spacial score (nSPS) is 12.2. The lowest BCUT2D eigenvalue weighted by atomic mass is 9.12. The molecule has 246 valence electrons. The third-order valence-corrected chi connectivity index (χ3v) is 7.26. The van der Waals surface area contributed by atoms with Crippen LogP contribution in [0.25, 0.3) is 0 Å². The Labute approximate surface area is 247 Å². The van der Waals surface area contributed by atoms with Crippen LogP contribution in [-0.4, -0.2) is 13.3 Å². The topological polar surface area (TPSA) is 20.5 Å². The van der Waals surface area contributed by atoms with E-state index in [1.165, 1.54) is 20.8 Å². The summed E-state index contributed by atoms with van der Waals surface area (Å²) >= 11 is 0. The molecule has 4 aromatic rings. The van der Waals surface area contributed by atoms with Gasteiger partial charge in [0.25, 0.3) is 0 Å². The maximum absolute atomic E-state index is 15.8. The molecule has 0 bridgehead atoms. The van der Waals surface area contributed by atoms with Crippen LogP contribution < -0.4 is 26.6 Å². The molecule has 1 aromatic heterocycles. The highest BCUT2D eigenvalue weighted by molar-refractivity contribution is 7.20. The van der Waals surface area contributed by atoms with E-state index in [0.717, 1.165) is 7.11 Å². The second-order valence-corrected chi connectivity index (χ2v) is 10.8. The van der Waals surface area contributed by atoms with Crippen LogP contribution in [0.15, 0.2) is 16.5 Å². The van der Waals surface area contributed by atoms with Crippen molar-refractivity contribution in [1.82, 2.24) is 0 Å². The van der Waals surface area contributed by atoms with Gasteiger partial charge in [0, 0.05) is 5.41 Å². The van der Waals surface area contributed by atoms with E-state index in [2.05, 4.69) is 0 Å². The summed E-state index contributed by atoms with van der Waals surface area (Å²) in [5.41, 5.74) is -11.2. The molecule has 0 radical (unpaired) electrons. The number of rotatable bonds is 5. The van der Waals surface area contributed by atoms with Crippen molar-refractivity contribution in [3.05, 3.63) is 105 Å². The predicted molar refractivity (Wildman–Crippen MR) is 131 cm³/mol. The van der Waals surface area contributed by atoms with Crippen LogP contribution in [0.3, 0.4) is 0 Å². The molecule has 0 aliphatic carbocycles. The number of halogens is 15. The van der Waals surface area contributed by atoms with Crippen molar-refractivity contribution < 1.29 is 75.0 Å². The van der Waals surface area contributed by atoms with Crippen LogP contribution in [0.4, 0.5) is 65.9 Å². The van der Waals surface area contributed by atoms with Gasteiger partial charge in [-0.05, 0) is 6.07 Å². The Kier molecular flexibility index (Phi) is 8.59. The van der Waals surface area contributed by atoms with Gasteiger partial charge in [-0.1, -0.05) is 20.8 Å². The first kappa shape index (κ1) is 34.5. The van der Waals surface area contributed by atoms with E-state index in [4.69, 9.17) is 9.15 Å². The number of hydrogen-bond donors (Lipinski definition) is 0. The molecule has 1 heterocycles. The predicted octanol–water partition coefficient (Wildman–Crippen LogP) is 6.33. The zero-order valence-corrected chi connectivity index (χ0v) is 23.2. The Morgan fingerprint density at radius 3 is 0.957 bits per heavy atom. The molecule has 0 aliphatic rings. The van der Waals surface area contributed by atoms with E-state index in [0.29, 0.717) is 6.07 Å². The first-order chi connectivity index (χ1) is 21.2. The number of benzene rings is 3. The van der Waals surface area contributed by atoms with Crippen LogP contribution in [0, 0.1) is 87.3 Å². The third-order valence-electron chi connectivity index (χ3n) is 7.26. The average Bonchev–Trinajstić information content (AvgIpc) is 3.01. The fourth-order valence-electron chi connectivity index (χ4n) is 5.16. The fraction of sp³-hybridized carbons (Fsp3) is 0.179. The Hall–Kier alpha value is -4.38. The average molecular weight is 678 g/mol. The van der Waals surface area contributed by atoms with Crippen molar-refractivity contribution in [2.75, 3.05) is 7.11 Å². The molecule has 46 heavy (non-hydrogen) atoms. The Bertz CT molecular complexity index is 1680. The fourth-order valence-corrected chi connectivity index (χ4v) is 5.16. The van der Waals surface area contributed by atoms with Gasteiger partial charge >= 0.3 is 5.95 Å². The monoisotopic (exact) mass is 678 g/mol. The summed E-state index contributed by atoms with van der Waals surface area (Å²) in [5, 5.41) is 0. The van der Waals surface area contributed by atoms with Crippen molar-refractivity contribution in [3.63, 3.8) is 0 Å². The third kappa shape index (κ3) is 4.74. The molecule has 0 saturated carbocycles. The standard InChI is InChI=1S/C28H14BF15O2/c1-28(2,3)8-5-7(6-9(45-4)46-8)29(10-13(30)19(36)25(42)20(37)14(10)31,11-15(32)21(38)26(43)22(39)16(11)33)12-17(34)23(40)27(44)24(41)18(12)35/h5-6H,1-4H3. The van der Waals surface area contributed by atoms with Crippen molar-refractivity contribution in [2.45, 2.75) is 26.2 Å². The molecule has 0 amide bonds. The van der Waals surface area contributed by atoms with Gasteiger partial charge in [0.05, 0.1) is 6.07 Å². The molecule has 3 aromatic carbocycles. The molecule has 0 unspecified atom stereocenters. The van der Waals surface area contributed by atoms with Crippen LogP contribution in [0.1, 0.15) is 26.5 Å². The van der Waals surface area contributed by atoms with Crippen LogP contribution in [-0.2, 0) is 5.41 Å². The minimum atomic E-state index is -5.96. The van der Waals surface area contributed by atoms with Crippen molar-refractivity contribution in [3.8, 4) is 5.95 Å². The smallest absolute Gasteiger partial charge is 0.321 e. The maximum atomic E-state index is 15.8. The highest BCUT2D eigenvalue weighted by Gasteiger charge is 2.50. The molecule has 0 spiro atoms. The summed E-state index contributed by atoms with van der Waals surface area (Å²) < 4.78 is 236. The van der Waals surface area contributed by atoms with E-state index >= 15 is 26.3 Å². The molecular weight excluding hydrogens is 664 g/mol. The molecule has 0 fully saturated rings. The van der Waals surface area contributed by atoms with Gasteiger partial charge < -0.3 is 4.74 Å². The molecule has 0 atom stereocenters. The number of ether oxygens (including phenoxy) is 1. The van der Waals surface area contributed by atoms with Gasteiger partial charge in [0.15, 0.2) is 59.5 Å². The van der Waals surface area contributed by atoms with Crippen LogP contribution in [0.5, 0.6) is 5.95 Å². The van der Waals surface area contributed by atoms with Gasteiger partial charge in [-0.3, -0.25) is 4.42 Å². The second kappa shape index (κ2) is 11.5. The van der Waals surface area contributed by atoms with E-state index in [-0.39, 0.29) is 6.07 Å². The van der Waals surface area contributed by atoms with E-state index < -0.39 is 132 Å². The van der Waals surface area contributed by atoms with Gasteiger partial charge in [-0.2, -0.15) is 5.46 Å². The lowest BCUT2D eigenvalue weighted by Crippen LogP contribution is -2.79. The summed E-state index contributed by atoms with van der Waals surface area (Å²) in [7, 11) is 0.777. The van der Waals surface area contributed by atoms with Gasteiger partial charge in [-0.25, -0.2) is 65.9 Å². The SMILES string of the molecule is COc1cc([B-](c2c(F)c(F)c(F)c(F)c2F)(c2c(F)c(F)c(F)c(F)c2F)c2c(F)c(F)c(F)c(F)c2F)cc(C(C)(C)C)[o+]1. The second-order valence-electron chi connectivity index (χ2n) is 10.8. The van der Waals surface area contributed by atoms with Gasteiger partial charge in [0.2, 0.25) is 5.76 Å². The van der Waals surface area contributed by atoms with E-state index in [9.17, 15) is 39.5 Å². The lowest BCUT2D eigenvalue weighted by molar-refractivity contribution is 0.266. The Morgan fingerprint density at radius 1 is 0.457 bits per heavy atom. The van der Waals surface area contributed by atoms with Crippen molar-refractivity contribution in [2.24, 2.45) is 0 Å². The Balaban J connectivity index is 2.62. The number of hydrogen-bond acceptors (Lipinski definition) is 1. The summed E-state index contributed by atoms with van der Waals surface area (Å²) in [6.45, 7) is 3.83. The first-order valence-electron chi connectivity index (χ1n) is 12.4. The largest absolute Gasteiger partial charge is 0.514 e. The van der Waals surface area contributed by atoms with E-state index in [1.54, 1.807) is 0 Å². The molecule has 0 aliphatic heterocycles. The quantitative estimate of drug-likeness (QED) is 0.0810. The molecule has 0 saturated heterocycles. The van der Waals surface area contributed by atoms with E-state index in [1.807, 2.05) is 0 Å². The van der Waals surface area contributed by atoms with Crippen molar-refractivity contribution in [1.29, 1.82) is 0 Å². The minimum Gasteiger partial charge on any atom is -0.321 e. The molecular formula is C28H14BF15O2. The maximum Gasteiger partial charge on any atom is 0.514 e. The van der Waals surface area contributed by atoms with Gasteiger partial charge in [-0.15, -0.1) is 16.4 Å². The van der Waals surface area contributed by atoms with Gasteiger partial charge in [0.1, 0.15) is 41.0 Å². The summed E-state index contributed by atoms with van der Waals surface area (Å²) in [6, 6.07) is 0.556. The zero-order valence-electron chi connectivity index (χ0n) is 23.2. The minimum absolute atomic E-state index is 0.198. The lowest BCUT2D eigenvalue weighted by Gasteiger charge is -2.44. The Morgan fingerprint density at radius 2 is 0.717 bits per heavy atom. The highest BCUT2D eigenvalue weighted by atomic mass is 19.2. The van der Waals surface area contributed by atoms with Crippen LogP contribution in [0.2, 0.25) is 0 Å². The molecule has 2 nitrogen and oxygen atoms in total. The summed E-state index contributed by atoms with van der Waals surface area (Å²) in [6.07, 6.45) is -5.96. The highest BCUT2D eigenvalue weighted by Crippen LogP contribution is 2.31. The summed E-state index contributed by atoms with van der Waals surface area (Å²) in [4.78, 5) is 0. The molecule has 0 N–H and O–H groups in total. The molecule has 18 heteroatoms. The molecule has 4 rings (SSSR count). The first-order valence-corrected chi connectivity index (χ1v) is 12.4. The van der Waals surface area contributed by atoms with Crippen molar-refractivity contribution >= 4 is 28.0 Å². The van der Waals surface area contributed by atoms with Crippen LogP contribution >= 0.6 is 0 Å². The zero-order chi connectivity index (χ0) is 35.0. The number of methoxy groups -OCH3 is 1.